The number of nitrogens with one attached hydrogen (secondary N) is 2. The molecule has 4 nitrogen and oxygen atoms in total. The van der Waals surface area contributed by atoms with E-state index in [2.05, 4.69) is 31.4 Å². The molecule has 0 radical (unpaired) electrons. The lowest BCUT2D eigenvalue weighted by molar-refractivity contribution is -0.123. The van der Waals surface area contributed by atoms with Gasteiger partial charge in [-0.25, -0.2) is 4.79 Å². The molecule has 0 unspecified atom stereocenters. The van der Waals surface area contributed by atoms with Crippen molar-refractivity contribution >= 4 is 11.9 Å². The number of rotatable bonds is 1. The summed E-state index contributed by atoms with van der Waals surface area (Å²) >= 11 is 0. The number of benzene rings is 1. The summed E-state index contributed by atoms with van der Waals surface area (Å²) in [6.45, 7) is 8.11. The zero-order chi connectivity index (χ0) is 13.6. The highest BCUT2D eigenvalue weighted by Crippen LogP contribution is 2.28. The Morgan fingerprint density at radius 1 is 1.06 bits per heavy atom. The van der Waals surface area contributed by atoms with Gasteiger partial charge >= 0.3 is 6.03 Å². The second kappa shape index (κ2) is 3.83. The molecular formula is C14H18N2O2. The molecule has 1 heterocycles. The normalized spacial score (nSPS) is 23.8. The van der Waals surface area contributed by atoms with Crippen molar-refractivity contribution in [2.75, 3.05) is 0 Å². The van der Waals surface area contributed by atoms with E-state index < -0.39 is 11.6 Å². The van der Waals surface area contributed by atoms with Crippen LogP contribution in [0.4, 0.5) is 4.79 Å². The highest BCUT2D eigenvalue weighted by atomic mass is 16.2. The molecule has 1 fully saturated rings. The van der Waals surface area contributed by atoms with Crippen molar-refractivity contribution in [1.82, 2.24) is 10.6 Å². The lowest BCUT2D eigenvalue weighted by Gasteiger charge is -2.24. The molecule has 0 bridgehead atoms. The molecule has 3 amide bonds. The van der Waals surface area contributed by atoms with E-state index in [1.54, 1.807) is 6.92 Å². The van der Waals surface area contributed by atoms with Crippen molar-refractivity contribution in [3.63, 3.8) is 0 Å². The van der Waals surface area contributed by atoms with Gasteiger partial charge in [0.2, 0.25) is 0 Å². The van der Waals surface area contributed by atoms with Gasteiger partial charge in [-0.05, 0) is 23.5 Å². The first-order chi connectivity index (χ1) is 8.23. The van der Waals surface area contributed by atoms with E-state index in [1.807, 2.05) is 24.3 Å². The Kier molecular flexibility index (Phi) is 2.69. The molecule has 0 spiro atoms. The SMILES string of the molecule is CC(C)(C)c1ccc([C@]2(C)NC(=O)NC2=O)cc1. The van der Waals surface area contributed by atoms with Gasteiger partial charge in [0.15, 0.2) is 0 Å². The summed E-state index contributed by atoms with van der Waals surface area (Å²) in [5.74, 6) is -0.309. The van der Waals surface area contributed by atoms with Gasteiger partial charge in [0.05, 0.1) is 0 Å². The minimum absolute atomic E-state index is 0.0701. The summed E-state index contributed by atoms with van der Waals surface area (Å²) in [6.07, 6.45) is 0. The molecule has 2 N–H and O–H groups in total. The fraction of sp³-hybridized carbons (Fsp3) is 0.429. The summed E-state index contributed by atoms with van der Waals surface area (Å²) in [4.78, 5) is 23.0. The molecule has 0 saturated carbocycles. The molecule has 1 aromatic rings. The number of hydrogen-bond acceptors (Lipinski definition) is 2. The standard InChI is InChI=1S/C14H18N2O2/c1-13(2,3)9-5-7-10(8-6-9)14(4)11(17)15-12(18)16-14/h5-8H,1-4H3,(H2,15,16,17,18)/t14-/m0/s1. The Labute approximate surface area is 107 Å². The quantitative estimate of drug-likeness (QED) is 0.745. The van der Waals surface area contributed by atoms with Gasteiger partial charge in [0.1, 0.15) is 5.54 Å². The average Bonchev–Trinajstić information content (AvgIpc) is 2.53. The van der Waals surface area contributed by atoms with Crippen LogP contribution in [-0.2, 0) is 15.7 Å². The third-order valence-electron chi connectivity index (χ3n) is 3.37. The number of imide groups is 1. The zero-order valence-corrected chi connectivity index (χ0v) is 11.1. The maximum absolute atomic E-state index is 11.8. The Bertz CT molecular complexity index is 500. The van der Waals surface area contributed by atoms with Crippen molar-refractivity contribution in [3.05, 3.63) is 35.4 Å². The first kappa shape index (κ1) is 12.6. The van der Waals surface area contributed by atoms with Gasteiger partial charge in [-0.15, -0.1) is 0 Å². The number of urea groups is 1. The van der Waals surface area contributed by atoms with Crippen LogP contribution in [0.25, 0.3) is 0 Å². The molecule has 2 rings (SSSR count). The van der Waals surface area contributed by atoms with Gasteiger partial charge in [0.25, 0.3) is 5.91 Å². The smallest absolute Gasteiger partial charge is 0.320 e. The molecule has 1 aliphatic heterocycles. The van der Waals surface area contributed by atoms with Crippen LogP contribution in [0.15, 0.2) is 24.3 Å². The topological polar surface area (TPSA) is 58.2 Å². The number of hydrogen-bond donors (Lipinski definition) is 2. The minimum Gasteiger partial charge on any atom is -0.320 e. The molecule has 96 valence electrons. The molecule has 0 aromatic heterocycles. The fourth-order valence-corrected chi connectivity index (χ4v) is 2.05. The Hall–Kier alpha value is -1.84. The highest BCUT2D eigenvalue weighted by molar-refractivity contribution is 6.07. The maximum atomic E-state index is 11.8. The molecule has 18 heavy (non-hydrogen) atoms. The van der Waals surface area contributed by atoms with Crippen LogP contribution in [0.5, 0.6) is 0 Å². The van der Waals surface area contributed by atoms with Crippen LogP contribution in [0.1, 0.15) is 38.8 Å². The Morgan fingerprint density at radius 3 is 2.00 bits per heavy atom. The van der Waals surface area contributed by atoms with Gasteiger partial charge in [-0.3, -0.25) is 10.1 Å². The predicted octanol–water partition coefficient (Wildman–Crippen LogP) is 2.04. The minimum atomic E-state index is -0.965. The van der Waals surface area contributed by atoms with E-state index in [0.717, 1.165) is 5.56 Å². The predicted molar refractivity (Wildman–Crippen MR) is 69.2 cm³/mol. The lowest BCUT2D eigenvalue weighted by atomic mass is 9.84. The summed E-state index contributed by atoms with van der Waals surface area (Å²) in [6, 6.07) is 7.34. The van der Waals surface area contributed by atoms with E-state index in [0.29, 0.717) is 0 Å². The van der Waals surface area contributed by atoms with E-state index in [4.69, 9.17) is 0 Å². The Morgan fingerprint density at radius 2 is 1.61 bits per heavy atom. The van der Waals surface area contributed by atoms with Crippen LogP contribution in [0, 0.1) is 0 Å². The summed E-state index contributed by atoms with van der Waals surface area (Å²) in [5.41, 5.74) is 1.09. The fourth-order valence-electron chi connectivity index (χ4n) is 2.05. The van der Waals surface area contributed by atoms with Crippen LogP contribution < -0.4 is 10.6 Å². The van der Waals surface area contributed by atoms with Gasteiger partial charge < -0.3 is 5.32 Å². The molecular weight excluding hydrogens is 228 g/mol. The third-order valence-corrected chi connectivity index (χ3v) is 3.37. The van der Waals surface area contributed by atoms with Gasteiger partial charge in [0, 0.05) is 0 Å². The van der Waals surface area contributed by atoms with Crippen molar-refractivity contribution < 1.29 is 9.59 Å². The largest absolute Gasteiger partial charge is 0.322 e. The first-order valence-corrected chi connectivity index (χ1v) is 5.98. The number of amides is 3. The highest BCUT2D eigenvalue weighted by Gasteiger charge is 2.43. The molecule has 1 saturated heterocycles. The van der Waals surface area contributed by atoms with Crippen LogP contribution in [0.3, 0.4) is 0 Å². The van der Waals surface area contributed by atoms with Crippen molar-refractivity contribution in [2.45, 2.75) is 38.6 Å². The van der Waals surface area contributed by atoms with Crippen LogP contribution in [0.2, 0.25) is 0 Å². The maximum Gasteiger partial charge on any atom is 0.322 e. The first-order valence-electron chi connectivity index (χ1n) is 5.98. The number of carbonyl (C=O) groups is 2. The average molecular weight is 246 g/mol. The monoisotopic (exact) mass is 246 g/mol. The molecule has 1 aliphatic rings. The van der Waals surface area contributed by atoms with Gasteiger partial charge in [-0.2, -0.15) is 0 Å². The third kappa shape index (κ3) is 1.98. The molecule has 0 aliphatic carbocycles. The number of carbonyl (C=O) groups excluding carboxylic acids is 2. The van der Waals surface area contributed by atoms with Crippen LogP contribution >= 0.6 is 0 Å². The van der Waals surface area contributed by atoms with E-state index >= 15 is 0 Å². The van der Waals surface area contributed by atoms with Crippen molar-refractivity contribution in [3.8, 4) is 0 Å². The molecule has 4 heteroatoms. The van der Waals surface area contributed by atoms with Crippen molar-refractivity contribution in [2.24, 2.45) is 0 Å². The molecule has 1 aromatic carbocycles. The summed E-state index contributed by atoms with van der Waals surface area (Å²) in [7, 11) is 0. The second-order valence-electron chi connectivity index (χ2n) is 5.86. The van der Waals surface area contributed by atoms with E-state index in [1.165, 1.54) is 5.56 Å². The molecule has 1 atom stereocenters. The summed E-state index contributed by atoms with van der Waals surface area (Å²) < 4.78 is 0. The van der Waals surface area contributed by atoms with Crippen LogP contribution in [-0.4, -0.2) is 11.9 Å². The second-order valence-corrected chi connectivity index (χ2v) is 5.86. The van der Waals surface area contributed by atoms with Gasteiger partial charge in [-0.1, -0.05) is 45.0 Å². The van der Waals surface area contributed by atoms with E-state index in [9.17, 15) is 9.59 Å². The van der Waals surface area contributed by atoms with E-state index in [-0.39, 0.29) is 11.3 Å². The van der Waals surface area contributed by atoms with Crippen molar-refractivity contribution in [1.29, 1.82) is 0 Å². The Balaban J connectivity index is 2.36. The summed E-state index contributed by atoms with van der Waals surface area (Å²) in [5, 5.41) is 4.92. The zero-order valence-electron chi connectivity index (χ0n) is 11.1. The lowest BCUT2D eigenvalue weighted by Crippen LogP contribution is -2.40.